The van der Waals surface area contributed by atoms with Gasteiger partial charge in [-0.05, 0) is 54.9 Å². The number of aliphatic hydroxyl groups is 1. The highest BCUT2D eigenvalue weighted by molar-refractivity contribution is 5.36. The molecule has 0 aliphatic heterocycles. The Labute approximate surface area is 115 Å². The van der Waals surface area contributed by atoms with Crippen molar-refractivity contribution in [3.63, 3.8) is 0 Å². The molecule has 1 aliphatic rings. The molecule has 2 atom stereocenters. The summed E-state index contributed by atoms with van der Waals surface area (Å²) in [5.74, 6) is 1.83. The van der Waals surface area contributed by atoms with Crippen molar-refractivity contribution in [3.05, 3.63) is 29.3 Å². The Bertz CT molecular complexity index is 427. The molecule has 1 fully saturated rings. The van der Waals surface area contributed by atoms with Gasteiger partial charge in [-0.3, -0.25) is 0 Å². The van der Waals surface area contributed by atoms with Gasteiger partial charge in [-0.2, -0.15) is 0 Å². The fourth-order valence-electron chi connectivity index (χ4n) is 2.57. The van der Waals surface area contributed by atoms with Gasteiger partial charge in [0.05, 0.1) is 6.61 Å². The molecule has 19 heavy (non-hydrogen) atoms. The minimum atomic E-state index is -0.295. The number of nitrogens with two attached hydrogens (primary N) is 1. The topological polar surface area (TPSA) is 55.5 Å². The monoisotopic (exact) mass is 263 g/mol. The van der Waals surface area contributed by atoms with Crippen LogP contribution >= 0.6 is 0 Å². The lowest BCUT2D eigenvalue weighted by molar-refractivity contribution is 0.0882. The Morgan fingerprint density at radius 2 is 2.05 bits per heavy atom. The smallest absolute Gasteiger partial charge is 0.137 e. The van der Waals surface area contributed by atoms with E-state index in [1.165, 1.54) is 11.1 Å². The first-order valence-corrected chi connectivity index (χ1v) is 7.16. The van der Waals surface area contributed by atoms with E-state index >= 15 is 0 Å². The second kappa shape index (κ2) is 5.93. The summed E-state index contributed by atoms with van der Waals surface area (Å²) in [4.78, 5) is 0. The summed E-state index contributed by atoms with van der Waals surface area (Å²) in [7, 11) is 0. The molecule has 1 aromatic rings. The average molecular weight is 263 g/mol. The molecule has 1 saturated carbocycles. The third kappa shape index (κ3) is 3.48. The zero-order valence-electron chi connectivity index (χ0n) is 12.1. The lowest BCUT2D eigenvalue weighted by Crippen LogP contribution is -2.43. The van der Waals surface area contributed by atoms with E-state index in [0.717, 1.165) is 18.6 Å². The molecule has 1 aliphatic carbocycles. The predicted octanol–water partition coefficient (Wildman–Crippen LogP) is 2.60. The van der Waals surface area contributed by atoms with Crippen LogP contribution in [0.2, 0.25) is 0 Å². The van der Waals surface area contributed by atoms with Gasteiger partial charge in [0.15, 0.2) is 0 Å². The summed E-state index contributed by atoms with van der Waals surface area (Å²) in [6.07, 6.45) is 2.02. The molecule has 0 bridgehead atoms. The number of aryl methyl sites for hydroxylation is 1. The zero-order valence-corrected chi connectivity index (χ0v) is 12.1. The minimum absolute atomic E-state index is 0.0252. The van der Waals surface area contributed by atoms with Crippen molar-refractivity contribution < 1.29 is 9.84 Å². The van der Waals surface area contributed by atoms with Crippen molar-refractivity contribution in [1.29, 1.82) is 0 Å². The Kier molecular flexibility index (Phi) is 4.48. The summed E-state index contributed by atoms with van der Waals surface area (Å²) < 4.78 is 5.87. The number of rotatable bonds is 6. The van der Waals surface area contributed by atoms with Gasteiger partial charge in [-0.25, -0.2) is 0 Å². The average Bonchev–Trinajstić information content (AvgIpc) is 3.19. The Balaban J connectivity index is 2.07. The van der Waals surface area contributed by atoms with E-state index in [0.29, 0.717) is 11.8 Å². The molecule has 0 spiro atoms. The molecule has 0 aromatic heterocycles. The fraction of sp³-hybridized carbons (Fsp3) is 0.625. The van der Waals surface area contributed by atoms with Crippen LogP contribution < -0.4 is 10.5 Å². The quantitative estimate of drug-likeness (QED) is 0.829. The standard InChI is InChI=1S/C16H25NO2/c1-10(2)14-7-6-13(8-11(14)3)19-15(9-18)16(17)12-4-5-12/h6-8,10,12,15-16,18H,4-5,9,17H2,1-3H3. The van der Waals surface area contributed by atoms with Crippen LogP contribution in [-0.2, 0) is 0 Å². The van der Waals surface area contributed by atoms with Gasteiger partial charge in [0.2, 0.25) is 0 Å². The maximum Gasteiger partial charge on any atom is 0.137 e. The molecule has 2 rings (SSSR count). The maximum absolute atomic E-state index is 9.44. The first kappa shape index (κ1) is 14.4. The second-order valence-corrected chi connectivity index (χ2v) is 5.93. The van der Waals surface area contributed by atoms with Gasteiger partial charge in [0.25, 0.3) is 0 Å². The maximum atomic E-state index is 9.44. The van der Waals surface area contributed by atoms with Crippen molar-refractivity contribution in [2.75, 3.05) is 6.61 Å². The lowest BCUT2D eigenvalue weighted by atomic mass is 9.98. The van der Waals surface area contributed by atoms with Crippen molar-refractivity contribution >= 4 is 0 Å². The molecule has 3 N–H and O–H groups in total. The SMILES string of the molecule is Cc1cc(OC(CO)C(N)C2CC2)ccc1C(C)C. The molecule has 3 nitrogen and oxygen atoms in total. The number of hydrogen-bond acceptors (Lipinski definition) is 3. The van der Waals surface area contributed by atoms with Gasteiger partial charge in [0, 0.05) is 6.04 Å². The molecule has 0 saturated heterocycles. The molecule has 0 radical (unpaired) electrons. The molecular weight excluding hydrogens is 238 g/mol. The van der Waals surface area contributed by atoms with Crippen LogP contribution in [0.5, 0.6) is 5.75 Å². The Morgan fingerprint density at radius 3 is 2.53 bits per heavy atom. The van der Waals surface area contributed by atoms with Crippen LogP contribution in [-0.4, -0.2) is 23.9 Å². The Morgan fingerprint density at radius 1 is 1.37 bits per heavy atom. The number of ether oxygens (including phenoxy) is 1. The second-order valence-electron chi connectivity index (χ2n) is 5.93. The molecule has 106 valence electrons. The third-order valence-electron chi connectivity index (χ3n) is 3.93. The van der Waals surface area contributed by atoms with Crippen molar-refractivity contribution in [2.45, 2.75) is 51.7 Å². The van der Waals surface area contributed by atoms with E-state index in [4.69, 9.17) is 10.5 Å². The van der Waals surface area contributed by atoms with Gasteiger partial charge in [-0.15, -0.1) is 0 Å². The van der Waals surface area contributed by atoms with Gasteiger partial charge < -0.3 is 15.6 Å². The summed E-state index contributed by atoms with van der Waals surface area (Å²) in [6.45, 7) is 6.43. The number of hydrogen-bond donors (Lipinski definition) is 2. The molecule has 0 heterocycles. The van der Waals surface area contributed by atoms with Crippen LogP contribution in [0.3, 0.4) is 0 Å². The highest BCUT2D eigenvalue weighted by Gasteiger charge is 2.34. The Hall–Kier alpha value is -1.06. The number of aliphatic hydroxyl groups excluding tert-OH is 1. The van der Waals surface area contributed by atoms with Crippen LogP contribution in [0.4, 0.5) is 0 Å². The van der Waals surface area contributed by atoms with E-state index < -0.39 is 0 Å². The summed E-state index contributed by atoms with van der Waals surface area (Å²) >= 11 is 0. The summed E-state index contributed by atoms with van der Waals surface area (Å²) in [5.41, 5.74) is 8.67. The van der Waals surface area contributed by atoms with Crippen LogP contribution in [0.1, 0.15) is 43.7 Å². The van der Waals surface area contributed by atoms with Crippen molar-refractivity contribution in [3.8, 4) is 5.75 Å². The highest BCUT2D eigenvalue weighted by atomic mass is 16.5. The zero-order chi connectivity index (χ0) is 14.0. The van der Waals surface area contributed by atoms with E-state index in [9.17, 15) is 5.11 Å². The van der Waals surface area contributed by atoms with E-state index in [-0.39, 0.29) is 18.8 Å². The molecule has 1 aromatic carbocycles. The van der Waals surface area contributed by atoms with E-state index in [2.05, 4.69) is 26.8 Å². The van der Waals surface area contributed by atoms with Gasteiger partial charge >= 0.3 is 0 Å². The normalized spacial score (nSPS) is 18.4. The molecule has 3 heteroatoms. The van der Waals surface area contributed by atoms with E-state index in [1.54, 1.807) is 0 Å². The first-order chi connectivity index (χ1) is 9.02. The molecule has 0 amide bonds. The van der Waals surface area contributed by atoms with Crippen LogP contribution in [0.15, 0.2) is 18.2 Å². The molecular formula is C16H25NO2. The summed E-state index contributed by atoms with van der Waals surface area (Å²) in [6, 6.07) is 6.06. The predicted molar refractivity (Wildman–Crippen MR) is 77.5 cm³/mol. The third-order valence-corrected chi connectivity index (χ3v) is 3.93. The van der Waals surface area contributed by atoms with E-state index in [1.807, 2.05) is 12.1 Å². The molecule has 2 unspecified atom stereocenters. The van der Waals surface area contributed by atoms with Crippen molar-refractivity contribution in [1.82, 2.24) is 0 Å². The fourth-order valence-corrected chi connectivity index (χ4v) is 2.57. The van der Waals surface area contributed by atoms with Crippen LogP contribution in [0, 0.1) is 12.8 Å². The highest BCUT2D eigenvalue weighted by Crippen LogP contribution is 2.34. The minimum Gasteiger partial charge on any atom is -0.486 e. The van der Waals surface area contributed by atoms with Crippen molar-refractivity contribution in [2.24, 2.45) is 11.7 Å². The number of benzene rings is 1. The van der Waals surface area contributed by atoms with Gasteiger partial charge in [0.1, 0.15) is 11.9 Å². The van der Waals surface area contributed by atoms with Gasteiger partial charge in [-0.1, -0.05) is 19.9 Å². The van der Waals surface area contributed by atoms with Crippen LogP contribution in [0.25, 0.3) is 0 Å². The lowest BCUT2D eigenvalue weighted by Gasteiger charge is -2.24. The first-order valence-electron chi connectivity index (χ1n) is 7.16. The summed E-state index contributed by atoms with van der Waals surface area (Å²) in [5, 5.41) is 9.44. The largest absolute Gasteiger partial charge is 0.486 e.